The van der Waals surface area contributed by atoms with E-state index in [4.69, 9.17) is 0 Å². The van der Waals surface area contributed by atoms with Crippen molar-refractivity contribution >= 4 is 17.1 Å². The lowest BCUT2D eigenvalue weighted by Gasteiger charge is -2.32. The summed E-state index contributed by atoms with van der Waals surface area (Å²) in [5.41, 5.74) is 22.1. The molecule has 0 amide bonds. The zero-order valence-electron chi connectivity index (χ0n) is 32.7. The van der Waals surface area contributed by atoms with Crippen molar-refractivity contribution in [3.05, 3.63) is 210 Å². The van der Waals surface area contributed by atoms with Gasteiger partial charge in [-0.3, -0.25) is 0 Å². The van der Waals surface area contributed by atoms with Crippen LogP contribution in [0.1, 0.15) is 61.8 Å². The van der Waals surface area contributed by atoms with Crippen molar-refractivity contribution in [2.24, 2.45) is 0 Å². The predicted molar refractivity (Wildman–Crippen MR) is 240 cm³/mol. The van der Waals surface area contributed by atoms with Gasteiger partial charge in [-0.1, -0.05) is 184 Å². The van der Waals surface area contributed by atoms with Gasteiger partial charge in [-0.15, -0.1) is 0 Å². The Bertz CT molecular complexity index is 2820. The summed E-state index contributed by atoms with van der Waals surface area (Å²) in [4.78, 5) is 2.55. The predicted octanol–water partition coefficient (Wildman–Crippen LogP) is 15.3. The number of fused-ring (bicyclic) bond motifs is 8. The van der Waals surface area contributed by atoms with Crippen LogP contribution in [0.2, 0.25) is 0 Å². The lowest BCUT2D eigenvalue weighted by atomic mass is 9.76. The second-order valence-electron chi connectivity index (χ2n) is 16.8. The highest BCUT2D eigenvalue weighted by molar-refractivity contribution is 5.97. The summed E-state index contributed by atoms with van der Waals surface area (Å²) in [6.07, 6.45) is 4.94. The molecule has 11 rings (SSSR count). The fraction of sp³-hybridized carbons (Fsp3) is 0.143. The Labute approximate surface area is 336 Å². The molecule has 0 aliphatic heterocycles. The molecule has 0 bridgehead atoms. The van der Waals surface area contributed by atoms with Crippen molar-refractivity contribution in [2.75, 3.05) is 4.90 Å². The van der Waals surface area contributed by atoms with E-state index in [1.165, 1.54) is 115 Å². The zero-order chi connectivity index (χ0) is 38.1. The minimum atomic E-state index is -0.146. The molecule has 57 heavy (non-hydrogen) atoms. The maximum absolute atomic E-state index is 2.56. The van der Waals surface area contributed by atoms with Gasteiger partial charge in [0.1, 0.15) is 0 Å². The number of anilines is 3. The Morgan fingerprint density at radius 3 is 1.56 bits per heavy atom. The van der Waals surface area contributed by atoms with Crippen LogP contribution in [0.15, 0.2) is 188 Å². The summed E-state index contributed by atoms with van der Waals surface area (Å²) >= 11 is 0. The van der Waals surface area contributed by atoms with Gasteiger partial charge in [-0.05, 0) is 115 Å². The van der Waals surface area contributed by atoms with Crippen LogP contribution < -0.4 is 4.90 Å². The fourth-order valence-corrected chi connectivity index (χ4v) is 10.9. The summed E-state index contributed by atoms with van der Waals surface area (Å²) in [6, 6.07) is 70.4. The lowest BCUT2D eigenvalue weighted by Crippen LogP contribution is -2.21. The molecule has 0 heterocycles. The highest BCUT2D eigenvalue weighted by atomic mass is 15.1. The largest absolute Gasteiger partial charge is 0.310 e. The van der Waals surface area contributed by atoms with Crippen molar-refractivity contribution in [3.63, 3.8) is 0 Å². The van der Waals surface area contributed by atoms with Gasteiger partial charge in [0.2, 0.25) is 0 Å². The van der Waals surface area contributed by atoms with Crippen LogP contribution in [0.25, 0.3) is 55.6 Å². The molecule has 0 aromatic heterocycles. The van der Waals surface area contributed by atoms with Crippen LogP contribution in [-0.2, 0) is 10.8 Å². The molecular weight excluding hydrogens is 687 g/mol. The smallest absolute Gasteiger partial charge is 0.0540 e. The molecule has 3 aliphatic rings. The summed E-state index contributed by atoms with van der Waals surface area (Å²) in [5.74, 6) is 0. The number of para-hydroxylation sites is 1. The highest BCUT2D eigenvalue weighted by Crippen LogP contribution is 2.59. The van der Waals surface area contributed by atoms with Gasteiger partial charge >= 0.3 is 0 Å². The first kappa shape index (κ1) is 33.9. The van der Waals surface area contributed by atoms with Gasteiger partial charge in [0, 0.05) is 27.8 Å². The minimum Gasteiger partial charge on any atom is -0.310 e. The molecular formula is C56H45N. The molecule has 0 unspecified atom stereocenters. The maximum Gasteiger partial charge on any atom is 0.0540 e. The average Bonchev–Trinajstić information content (AvgIpc) is 3.94. The summed E-state index contributed by atoms with van der Waals surface area (Å²) < 4.78 is 0. The number of hydrogen-bond acceptors (Lipinski definition) is 1. The van der Waals surface area contributed by atoms with E-state index in [1.54, 1.807) is 0 Å². The topological polar surface area (TPSA) is 3.24 Å². The fourth-order valence-electron chi connectivity index (χ4n) is 10.9. The molecule has 0 atom stereocenters. The van der Waals surface area contributed by atoms with Gasteiger partial charge in [0.25, 0.3) is 0 Å². The third-order valence-electron chi connectivity index (χ3n) is 13.4. The first-order valence-corrected chi connectivity index (χ1v) is 20.7. The van der Waals surface area contributed by atoms with Gasteiger partial charge < -0.3 is 4.90 Å². The summed E-state index contributed by atoms with van der Waals surface area (Å²) in [7, 11) is 0. The van der Waals surface area contributed by atoms with E-state index in [-0.39, 0.29) is 10.8 Å². The minimum absolute atomic E-state index is 0.0650. The Balaban J connectivity index is 1.17. The van der Waals surface area contributed by atoms with Crippen LogP contribution in [0.4, 0.5) is 17.1 Å². The molecule has 0 radical (unpaired) electrons. The second kappa shape index (κ2) is 13.1. The van der Waals surface area contributed by atoms with E-state index in [1.807, 2.05) is 0 Å². The first-order valence-electron chi connectivity index (χ1n) is 20.7. The van der Waals surface area contributed by atoms with Crippen LogP contribution in [0, 0.1) is 0 Å². The molecule has 1 heteroatoms. The first-order chi connectivity index (χ1) is 28.0. The molecule has 8 aromatic carbocycles. The number of rotatable bonds is 6. The van der Waals surface area contributed by atoms with E-state index in [2.05, 4.69) is 207 Å². The van der Waals surface area contributed by atoms with Crippen molar-refractivity contribution < 1.29 is 0 Å². The van der Waals surface area contributed by atoms with Gasteiger partial charge in [0.15, 0.2) is 0 Å². The molecule has 0 N–H and O–H groups in total. The molecule has 8 aromatic rings. The second-order valence-corrected chi connectivity index (χ2v) is 16.8. The normalized spacial score (nSPS) is 15.2. The number of hydrogen-bond donors (Lipinski definition) is 0. The molecule has 1 nitrogen and oxygen atoms in total. The van der Waals surface area contributed by atoms with Crippen LogP contribution in [0.5, 0.6) is 0 Å². The van der Waals surface area contributed by atoms with Gasteiger partial charge in [-0.25, -0.2) is 0 Å². The van der Waals surface area contributed by atoms with Crippen LogP contribution >= 0.6 is 0 Å². The number of benzene rings is 8. The zero-order valence-corrected chi connectivity index (χ0v) is 32.7. The van der Waals surface area contributed by atoms with Crippen molar-refractivity contribution in [1.82, 2.24) is 0 Å². The molecule has 1 fully saturated rings. The SMILES string of the molecule is CC1(C)c2ccccc2-c2cccc(-c3ccccc3N(c3ccc(-c4ccccc4)c(-c4ccccc4)c3)c3ccc4c(c3)C3(CCCC3)c3ccccc3-4)c21. The van der Waals surface area contributed by atoms with E-state index in [9.17, 15) is 0 Å². The summed E-state index contributed by atoms with van der Waals surface area (Å²) in [6.45, 7) is 4.80. The lowest BCUT2D eigenvalue weighted by molar-refractivity contribution is 0.550. The average molecular weight is 732 g/mol. The Morgan fingerprint density at radius 2 is 0.860 bits per heavy atom. The van der Waals surface area contributed by atoms with Crippen molar-refractivity contribution in [3.8, 4) is 55.6 Å². The Hall–Kier alpha value is -6.44. The Kier molecular flexibility index (Phi) is 7.76. The molecule has 1 saturated carbocycles. The quantitative estimate of drug-likeness (QED) is 0.165. The molecule has 0 saturated heterocycles. The standard InChI is InChI=1S/C56H45N/c1-55(2)50-27-12-9-23-44(50)47-25-17-26-48(54(47)55)46-24-11-14-29-53(46)57(40-30-32-42(38-18-5-3-6-19-38)49(36-40)39-20-7-4-8-21-39)41-31-33-45-43-22-10-13-28-51(43)56(52(45)37-41)34-15-16-35-56/h3-14,17-33,36-37H,15-16,34-35H2,1-2H3. The van der Waals surface area contributed by atoms with Crippen LogP contribution in [0.3, 0.4) is 0 Å². The highest BCUT2D eigenvalue weighted by Gasteiger charge is 2.45. The monoisotopic (exact) mass is 731 g/mol. The van der Waals surface area contributed by atoms with Crippen molar-refractivity contribution in [1.29, 1.82) is 0 Å². The van der Waals surface area contributed by atoms with E-state index in [0.717, 1.165) is 5.69 Å². The van der Waals surface area contributed by atoms with E-state index < -0.39 is 0 Å². The third kappa shape index (κ3) is 5.15. The van der Waals surface area contributed by atoms with Gasteiger partial charge in [-0.2, -0.15) is 0 Å². The number of nitrogens with zero attached hydrogens (tertiary/aromatic N) is 1. The Morgan fingerprint density at radius 1 is 0.368 bits per heavy atom. The van der Waals surface area contributed by atoms with Crippen molar-refractivity contribution in [2.45, 2.75) is 50.4 Å². The summed E-state index contributed by atoms with van der Waals surface area (Å²) in [5, 5.41) is 0. The third-order valence-corrected chi connectivity index (χ3v) is 13.4. The molecule has 274 valence electrons. The van der Waals surface area contributed by atoms with E-state index >= 15 is 0 Å². The van der Waals surface area contributed by atoms with Gasteiger partial charge in [0.05, 0.1) is 5.69 Å². The maximum atomic E-state index is 2.56. The van der Waals surface area contributed by atoms with E-state index in [0.29, 0.717) is 0 Å². The van der Waals surface area contributed by atoms with Crippen LogP contribution in [-0.4, -0.2) is 0 Å². The molecule has 1 spiro atoms. The molecule has 3 aliphatic carbocycles.